The van der Waals surface area contributed by atoms with Gasteiger partial charge in [-0.05, 0) is 12.1 Å². The van der Waals surface area contributed by atoms with Crippen molar-refractivity contribution in [2.24, 2.45) is 0 Å². The van der Waals surface area contributed by atoms with Gasteiger partial charge in [-0.3, -0.25) is 4.79 Å². The highest BCUT2D eigenvalue weighted by atomic mass is 19.2. The lowest BCUT2D eigenvalue weighted by Crippen LogP contribution is -2.36. The minimum atomic E-state index is -1.53. The Bertz CT molecular complexity index is 536. The summed E-state index contributed by atoms with van der Waals surface area (Å²) in [6.45, 7) is 0.238. The summed E-state index contributed by atoms with van der Waals surface area (Å²) in [7, 11) is 2.86. The first kappa shape index (κ1) is 17.0. The molecule has 0 spiro atoms. The molecule has 1 aromatic carbocycles. The first-order valence-corrected chi connectivity index (χ1v) is 5.93. The molecule has 0 aliphatic carbocycles. The topological polar surface area (TPSA) is 84.9 Å². The van der Waals surface area contributed by atoms with Crippen LogP contribution in [-0.4, -0.2) is 50.5 Å². The predicted octanol–water partition coefficient (Wildman–Crippen LogP) is 1.05. The van der Waals surface area contributed by atoms with E-state index in [1.165, 1.54) is 14.2 Å². The van der Waals surface area contributed by atoms with Crippen LogP contribution in [-0.2, 0) is 9.47 Å². The minimum Gasteiger partial charge on any atom is -0.478 e. The van der Waals surface area contributed by atoms with Crippen LogP contribution in [0.5, 0.6) is 0 Å². The zero-order valence-corrected chi connectivity index (χ0v) is 11.5. The smallest absolute Gasteiger partial charge is 0.336 e. The Morgan fingerprint density at radius 2 is 1.81 bits per heavy atom. The first-order valence-electron chi connectivity index (χ1n) is 5.93. The molecule has 2 N–H and O–H groups in total. The third-order valence-electron chi connectivity index (χ3n) is 2.71. The fourth-order valence-electron chi connectivity index (χ4n) is 1.61. The van der Waals surface area contributed by atoms with E-state index in [2.05, 4.69) is 5.32 Å². The quantitative estimate of drug-likeness (QED) is 0.786. The van der Waals surface area contributed by atoms with Gasteiger partial charge in [0.05, 0.1) is 23.8 Å². The molecule has 0 saturated heterocycles. The third-order valence-corrected chi connectivity index (χ3v) is 2.71. The van der Waals surface area contributed by atoms with E-state index in [1.54, 1.807) is 0 Å². The van der Waals surface area contributed by atoms with E-state index in [0.29, 0.717) is 12.1 Å². The second kappa shape index (κ2) is 7.65. The second-order valence-corrected chi connectivity index (χ2v) is 4.14. The van der Waals surface area contributed by atoms with Crippen LogP contribution in [0.2, 0.25) is 0 Å². The molecule has 0 heterocycles. The van der Waals surface area contributed by atoms with Crippen LogP contribution in [0.3, 0.4) is 0 Å². The van der Waals surface area contributed by atoms with E-state index >= 15 is 0 Å². The maximum absolute atomic E-state index is 13.2. The van der Waals surface area contributed by atoms with Gasteiger partial charge in [0, 0.05) is 20.8 Å². The van der Waals surface area contributed by atoms with E-state index in [-0.39, 0.29) is 13.2 Å². The summed E-state index contributed by atoms with van der Waals surface area (Å²) >= 11 is 0. The monoisotopic (exact) mass is 303 g/mol. The highest BCUT2D eigenvalue weighted by Gasteiger charge is 2.21. The van der Waals surface area contributed by atoms with Crippen molar-refractivity contribution in [3.05, 3.63) is 34.9 Å². The van der Waals surface area contributed by atoms with Gasteiger partial charge in [0.2, 0.25) is 0 Å². The van der Waals surface area contributed by atoms with Gasteiger partial charge in [-0.1, -0.05) is 0 Å². The molecule has 1 aromatic rings. The predicted molar refractivity (Wildman–Crippen MR) is 68.3 cm³/mol. The summed E-state index contributed by atoms with van der Waals surface area (Å²) in [4.78, 5) is 22.9. The van der Waals surface area contributed by atoms with Gasteiger partial charge < -0.3 is 19.9 Å². The van der Waals surface area contributed by atoms with Gasteiger partial charge >= 0.3 is 5.97 Å². The summed E-state index contributed by atoms with van der Waals surface area (Å²) in [6.07, 6.45) is -0.447. The summed E-state index contributed by atoms with van der Waals surface area (Å²) in [5, 5.41) is 11.3. The summed E-state index contributed by atoms with van der Waals surface area (Å²) in [6, 6.07) is 1.02. The van der Waals surface area contributed by atoms with Crippen molar-refractivity contribution in [3.63, 3.8) is 0 Å². The van der Waals surface area contributed by atoms with Gasteiger partial charge in [-0.2, -0.15) is 0 Å². The van der Waals surface area contributed by atoms with E-state index in [0.717, 1.165) is 0 Å². The average Bonchev–Trinajstić information content (AvgIpc) is 2.45. The molecule has 0 bridgehead atoms. The van der Waals surface area contributed by atoms with Crippen molar-refractivity contribution < 1.29 is 33.0 Å². The molecule has 1 amide bonds. The Kier molecular flexibility index (Phi) is 6.19. The van der Waals surface area contributed by atoms with Crippen molar-refractivity contribution >= 4 is 11.9 Å². The molecule has 6 nitrogen and oxygen atoms in total. The standard InChI is InChI=1S/C13H15F2NO5/c1-20-6-7(21-2)5-16-12(17)8-3-10(14)11(15)4-9(8)13(18)19/h3-4,7H,5-6H2,1-2H3,(H,16,17)(H,18,19). The fourth-order valence-corrected chi connectivity index (χ4v) is 1.61. The number of ether oxygens (including phenoxy) is 2. The number of nitrogens with one attached hydrogen (secondary N) is 1. The maximum Gasteiger partial charge on any atom is 0.336 e. The molecule has 0 fully saturated rings. The molecule has 0 aliphatic rings. The molecule has 21 heavy (non-hydrogen) atoms. The molecule has 0 saturated carbocycles. The van der Waals surface area contributed by atoms with Crippen molar-refractivity contribution in [1.82, 2.24) is 5.32 Å². The number of aromatic carboxylic acids is 1. The van der Waals surface area contributed by atoms with Gasteiger partial charge in [-0.15, -0.1) is 0 Å². The number of methoxy groups -OCH3 is 2. The van der Waals surface area contributed by atoms with Gasteiger partial charge in [0.1, 0.15) is 0 Å². The van der Waals surface area contributed by atoms with Crippen LogP contribution in [0.25, 0.3) is 0 Å². The van der Waals surface area contributed by atoms with Gasteiger partial charge in [0.25, 0.3) is 5.91 Å². The molecule has 8 heteroatoms. The molecule has 1 unspecified atom stereocenters. The second-order valence-electron chi connectivity index (χ2n) is 4.14. The Morgan fingerprint density at radius 3 is 2.29 bits per heavy atom. The van der Waals surface area contributed by atoms with E-state index in [9.17, 15) is 18.4 Å². The number of carboxylic acid groups (broad SMARTS) is 1. The minimum absolute atomic E-state index is 0.0290. The Morgan fingerprint density at radius 1 is 1.24 bits per heavy atom. The number of benzene rings is 1. The summed E-state index contributed by atoms with van der Waals surface area (Å²) in [5.41, 5.74) is -1.08. The van der Waals surface area contributed by atoms with Gasteiger partial charge in [0.15, 0.2) is 11.6 Å². The lowest BCUT2D eigenvalue weighted by Gasteiger charge is -2.15. The average molecular weight is 303 g/mol. The maximum atomic E-state index is 13.2. The zero-order chi connectivity index (χ0) is 16.0. The van der Waals surface area contributed by atoms with Crippen molar-refractivity contribution in [3.8, 4) is 0 Å². The van der Waals surface area contributed by atoms with Crippen LogP contribution in [0, 0.1) is 11.6 Å². The van der Waals surface area contributed by atoms with E-state index < -0.39 is 40.7 Å². The third kappa shape index (κ3) is 4.47. The Labute approximate surface area is 119 Å². The van der Waals surface area contributed by atoms with Crippen LogP contribution >= 0.6 is 0 Å². The first-order chi connectivity index (χ1) is 9.90. The number of halogens is 2. The molecule has 0 aliphatic heterocycles. The highest BCUT2D eigenvalue weighted by molar-refractivity contribution is 6.04. The normalized spacial score (nSPS) is 12.0. The Hall–Kier alpha value is -2.06. The van der Waals surface area contributed by atoms with Crippen molar-refractivity contribution in [1.29, 1.82) is 0 Å². The summed E-state index contributed by atoms with van der Waals surface area (Å²) in [5.74, 6) is -5.01. The van der Waals surface area contributed by atoms with Crippen LogP contribution in [0.4, 0.5) is 8.78 Å². The molecule has 1 atom stereocenters. The van der Waals surface area contributed by atoms with Crippen LogP contribution < -0.4 is 5.32 Å². The molecule has 0 radical (unpaired) electrons. The lowest BCUT2D eigenvalue weighted by atomic mass is 10.1. The van der Waals surface area contributed by atoms with Crippen molar-refractivity contribution in [2.75, 3.05) is 27.4 Å². The number of amides is 1. The molecule has 0 aromatic heterocycles. The number of carbonyl (C=O) groups excluding carboxylic acids is 1. The number of carbonyl (C=O) groups is 2. The molecule has 116 valence electrons. The Balaban J connectivity index is 2.91. The van der Waals surface area contributed by atoms with Crippen molar-refractivity contribution in [2.45, 2.75) is 6.10 Å². The molecular formula is C13H15F2NO5. The van der Waals surface area contributed by atoms with Crippen LogP contribution in [0.1, 0.15) is 20.7 Å². The largest absolute Gasteiger partial charge is 0.478 e. The molecular weight excluding hydrogens is 288 g/mol. The van der Waals surface area contributed by atoms with E-state index in [4.69, 9.17) is 14.6 Å². The van der Waals surface area contributed by atoms with Crippen LogP contribution in [0.15, 0.2) is 12.1 Å². The number of hydrogen-bond acceptors (Lipinski definition) is 4. The summed E-state index contributed by atoms with van der Waals surface area (Å²) < 4.78 is 36.1. The highest BCUT2D eigenvalue weighted by Crippen LogP contribution is 2.15. The SMILES string of the molecule is COCC(CNC(=O)c1cc(F)c(F)cc1C(=O)O)OC. The lowest BCUT2D eigenvalue weighted by molar-refractivity contribution is 0.0285. The number of rotatable bonds is 7. The molecule has 1 rings (SSSR count). The zero-order valence-electron chi connectivity index (χ0n) is 11.5. The van der Waals surface area contributed by atoms with Gasteiger partial charge in [-0.25, -0.2) is 13.6 Å². The van der Waals surface area contributed by atoms with E-state index in [1.807, 2.05) is 0 Å². The fraction of sp³-hybridized carbons (Fsp3) is 0.385. The number of hydrogen-bond donors (Lipinski definition) is 2. The number of carboxylic acids is 1.